The fourth-order valence-electron chi connectivity index (χ4n) is 3.58. The molecule has 0 bridgehead atoms. The molecule has 1 N–H and O–H groups in total. The number of benzene rings is 1. The summed E-state index contributed by atoms with van der Waals surface area (Å²) in [5.74, 6) is 0.411. The van der Waals surface area contributed by atoms with Gasteiger partial charge in [0.05, 0.1) is 12.6 Å². The maximum atomic E-state index is 12.7. The van der Waals surface area contributed by atoms with Crippen LogP contribution >= 0.6 is 0 Å². The second-order valence-electron chi connectivity index (χ2n) is 7.28. The van der Waals surface area contributed by atoms with E-state index >= 15 is 0 Å². The molecule has 146 valence electrons. The molecule has 0 aliphatic heterocycles. The van der Waals surface area contributed by atoms with E-state index in [1.165, 1.54) is 19.3 Å². The van der Waals surface area contributed by atoms with Crippen molar-refractivity contribution in [3.8, 4) is 11.8 Å². The molecule has 27 heavy (non-hydrogen) atoms. The second kappa shape index (κ2) is 10.0. The summed E-state index contributed by atoms with van der Waals surface area (Å²) < 4.78 is 5.69. The average molecular weight is 370 g/mol. The molecule has 1 aromatic rings. The minimum Gasteiger partial charge on any atom is -0.494 e. The van der Waals surface area contributed by atoms with Crippen LogP contribution in [0.3, 0.4) is 0 Å². The van der Waals surface area contributed by atoms with Crippen molar-refractivity contribution in [3.63, 3.8) is 0 Å². The van der Waals surface area contributed by atoms with Gasteiger partial charge in [0.1, 0.15) is 17.4 Å². The Bertz CT molecular complexity index is 715. The van der Waals surface area contributed by atoms with Crippen molar-refractivity contribution in [2.24, 2.45) is 0 Å². The summed E-state index contributed by atoms with van der Waals surface area (Å²) in [6.45, 7) is 6.42. The van der Waals surface area contributed by atoms with Crippen LogP contribution in [0.5, 0.6) is 5.75 Å². The fraction of sp³-hybridized carbons (Fsp3) is 0.545. The van der Waals surface area contributed by atoms with Gasteiger partial charge in [0.2, 0.25) is 0 Å². The highest BCUT2D eigenvalue weighted by Gasteiger charge is 2.20. The zero-order valence-corrected chi connectivity index (χ0v) is 16.9. The number of aryl methyl sites for hydroxylation is 1. The minimum atomic E-state index is -0.350. The molecule has 1 aliphatic rings. The Morgan fingerprint density at radius 2 is 2.11 bits per heavy atom. The van der Waals surface area contributed by atoms with Crippen molar-refractivity contribution in [2.45, 2.75) is 65.0 Å². The zero-order chi connectivity index (χ0) is 19.8. The molecular formula is C22H31N3O2. The van der Waals surface area contributed by atoms with E-state index in [1.807, 2.05) is 50.9 Å². The van der Waals surface area contributed by atoms with Crippen LogP contribution < -0.4 is 10.1 Å². The maximum absolute atomic E-state index is 12.7. The van der Waals surface area contributed by atoms with Crippen molar-refractivity contribution < 1.29 is 9.53 Å². The summed E-state index contributed by atoms with van der Waals surface area (Å²) >= 11 is 0. The Morgan fingerprint density at radius 1 is 1.41 bits per heavy atom. The number of nitriles is 1. The van der Waals surface area contributed by atoms with Crippen LogP contribution in [0.4, 0.5) is 0 Å². The minimum absolute atomic E-state index is 0.139. The molecular weight excluding hydrogens is 338 g/mol. The highest BCUT2D eigenvalue weighted by atomic mass is 16.5. The van der Waals surface area contributed by atoms with Crippen molar-refractivity contribution in [1.82, 2.24) is 10.2 Å². The molecule has 1 amide bonds. The summed E-state index contributed by atoms with van der Waals surface area (Å²) in [5, 5.41) is 12.4. The van der Waals surface area contributed by atoms with E-state index in [0.29, 0.717) is 12.6 Å². The van der Waals surface area contributed by atoms with Gasteiger partial charge in [0.15, 0.2) is 0 Å². The third-order valence-corrected chi connectivity index (χ3v) is 5.13. The lowest BCUT2D eigenvalue weighted by Gasteiger charge is -2.30. The number of carbonyl (C=O) groups excluding carboxylic acids is 1. The number of carbonyl (C=O) groups is 1. The van der Waals surface area contributed by atoms with E-state index in [0.717, 1.165) is 29.7 Å². The van der Waals surface area contributed by atoms with Gasteiger partial charge in [-0.05, 0) is 39.7 Å². The largest absolute Gasteiger partial charge is 0.494 e. The molecule has 1 aromatic carbocycles. The van der Waals surface area contributed by atoms with Crippen molar-refractivity contribution in [1.29, 1.82) is 5.26 Å². The summed E-state index contributed by atoms with van der Waals surface area (Å²) in [6, 6.07) is 8.14. The molecule has 1 aliphatic carbocycles. The average Bonchev–Trinajstić information content (AvgIpc) is 2.67. The highest BCUT2D eigenvalue weighted by molar-refractivity contribution is 5.97. The Labute approximate surface area is 163 Å². The molecule has 0 heterocycles. The molecule has 1 atom stereocenters. The van der Waals surface area contributed by atoms with Crippen LogP contribution in [0.15, 0.2) is 30.0 Å². The van der Waals surface area contributed by atoms with Gasteiger partial charge in [0.25, 0.3) is 5.91 Å². The van der Waals surface area contributed by atoms with Gasteiger partial charge in [-0.2, -0.15) is 5.26 Å². The first-order valence-corrected chi connectivity index (χ1v) is 9.84. The molecule has 2 rings (SSSR count). The van der Waals surface area contributed by atoms with Crippen molar-refractivity contribution in [3.05, 3.63) is 41.1 Å². The van der Waals surface area contributed by atoms with Gasteiger partial charge in [-0.1, -0.05) is 37.0 Å². The first kappa shape index (κ1) is 20.8. The number of ether oxygens (including phenoxy) is 1. The Kier molecular flexibility index (Phi) is 7.72. The third-order valence-electron chi connectivity index (χ3n) is 5.13. The topological polar surface area (TPSA) is 65.4 Å². The first-order valence-electron chi connectivity index (χ1n) is 9.84. The molecule has 1 unspecified atom stereocenters. The number of nitrogens with one attached hydrogen (secondary N) is 1. The van der Waals surface area contributed by atoms with Crippen LogP contribution in [-0.2, 0) is 4.79 Å². The zero-order valence-electron chi connectivity index (χ0n) is 16.9. The quantitative estimate of drug-likeness (QED) is 0.577. The normalized spacial score (nSPS) is 16.3. The summed E-state index contributed by atoms with van der Waals surface area (Å²) in [7, 11) is 1.96. The SMILES string of the molecule is CCOc1ccc(C)cc1C(C)NC(=O)/C(C#N)=C\N(C)C1CCCCC1. The van der Waals surface area contributed by atoms with E-state index in [9.17, 15) is 10.1 Å². The second-order valence-corrected chi connectivity index (χ2v) is 7.28. The summed E-state index contributed by atoms with van der Waals surface area (Å²) in [4.78, 5) is 14.7. The standard InChI is InChI=1S/C22H31N3O2/c1-5-27-21-12-11-16(2)13-20(21)17(3)24-22(26)18(14-23)15-25(4)19-9-7-6-8-10-19/h11-13,15,17,19H,5-10H2,1-4H3,(H,24,26)/b18-15-. The van der Waals surface area contributed by atoms with E-state index in [2.05, 4.69) is 11.4 Å². The van der Waals surface area contributed by atoms with E-state index in [1.54, 1.807) is 6.20 Å². The number of hydrogen-bond acceptors (Lipinski definition) is 4. The Hall–Kier alpha value is -2.48. The lowest BCUT2D eigenvalue weighted by molar-refractivity contribution is -0.117. The van der Waals surface area contributed by atoms with Crippen LogP contribution in [0.2, 0.25) is 0 Å². The highest BCUT2D eigenvalue weighted by Crippen LogP contribution is 2.27. The number of rotatable bonds is 7. The van der Waals surface area contributed by atoms with Gasteiger partial charge in [0, 0.05) is 24.9 Å². The molecule has 0 spiro atoms. The number of amides is 1. The van der Waals surface area contributed by atoms with Gasteiger partial charge in [-0.25, -0.2) is 0 Å². The van der Waals surface area contributed by atoms with Gasteiger partial charge < -0.3 is 15.0 Å². The van der Waals surface area contributed by atoms with E-state index < -0.39 is 0 Å². The lowest BCUT2D eigenvalue weighted by atomic mass is 9.94. The predicted molar refractivity (Wildman–Crippen MR) is 107 cm³/mol. The van der Waals surface area contributed by atoms with Gasteiger partial charge in [-0.15, -0.1) is 0 Å². The fourth-order valence-corrected chi connectivity index (χ4v) is 3.58. The Morgan fingerprint density at radius 3 is 2.74 bits per heavy atom. The monoisotopic (exact) mass is 369 g/mol. The molecule has 5 nitrogen and oxygen atoms in total. The van der Waals surface area contributed by atoms with Crippen LogP contribution in [0.25, 0.3) is 0 Å². The predicted octanol–water partition coefficient (Wildman–Crippen LogP) is 4.24. The van der Waals surface area contributed by atoms with Crippen molar-refractivity contribution >= 4 is 5.91 Å². The van der Waals surface area contributed by atoms with E-state index in [4.69, 9.17) is 4.74 Å². The molecule has 0 radical (unpaired) electrons. The molecule has 1 saturated carbocycles. The van der Waals surface area contributed by atoms with Gasteiger partial charge in [-0.3, -0.25) is 4.79 Å². The van der Waals surface area contributed by atoms with E-state index in [-0.39, 0.29) is 17.5 Å². The van der Waals surface area contributed by atoms with Crippen molar-refractivity contribution in [2.75, 3.05) is 13.7 Å². The Balaban J connectivity index is 2.11. The van der Waals surface area contributed by atoms with Crippen LogP contribution in [0.1, 0.15) is 63.1 Å². The lowest BCUT2D eigenvalue weighted by Crippen LogP contribution is -2.32. The maximum Gasteiger partial charge on any atom is 0.263 e. The summed E-state index contributed by atoms with van der Waals surface area (Å²) in [6.07, 6.45) is 7.62. The van der Waals surface area contributed by atoms with Gasteiger partial charge >= 0.3 is 0 Å². The molecule has 5 heteroatoms. The van der Waals surface area contributed by atoms with Crippen LogP contribution in [-0.4, -0.2) is 30.5 Å². The number of hydrogen-bond donors (Lipinski definition) is 1. The number of nitrogens with zero attached hydrogens (tertiary/aromatic N) is 2. The third kappa shape index (κ3) is 5.75. The molecule has 1 fully saturated rings. The van der Waals surface area contributed by atoms with Crippen LogP contribution in [0, 0.1) is 18.3 Å². The molecule has 0 aromatic heterocycles. The first-order chi connectivity index (χ1) is 13.0. The molecule has 0 saturated heterocycles. The smallest absolute Gasteiger partial charge is 0.263 e. The summed E-state index contributed by atoms with van der Waals surface area (Å²) in [5.41, 5.74) is 2.16.